The van der Waals surface area contributed by atoms with Crippen molar-refractivity contribution in [3.05, 3.63) is 53.6 Å². The third kappa shape index (κ3) is 6.17. The fourth-order valence-electron chi connectivity index (χ4n) is 3.47. The van der Waals surface area contributed by atoms with Crippen LogP contribution in [0.2, 0.25) is 0 Å². The van der Waals surface area contributed by atoms with E-state index in [1.54, 1.807) is 6.07 Å². The molecule has 0 atom stereocenters. The molecule has 0 saturated carbocycles. The van der Waals surface area contributed by atoms with Crippen molar-refractivity contribution < 1.29 is 19.4 Å². The fourth-order valence-corrected chi connectivity index (χ4v) is 3.47. The molecule has 2 aromatic carbocycles. The second-order valence-electron chi connectivity index (χ2n) is 7.09. The van der Waals surface area contributed by atoms with Crippen molar-refractivity contribution in [2.45, 2.75) is 46.0 Å². The zero-order valence-electron chi connectivity index (χ0n) is 17.9. The van der Waals surface area contributed by atoms with Crippen molar-refractivity contribution in [2.75, 3.05) is 13.7 Å². The highest BCUT2D eigenvalue weighted by molar-refractivity contribution is 5.96. The minimum Gasteiger partial charge on any atom is -0.496 e. The lowest BCUT2D eigenvalue weighted by atomic mass is 9.97. The van der Waals surface area contributed by atoms with Crippen LogP contribution in [0.1, 0.15) is 44.2 Å². The van der Waals surface area contributed by atoms with Gasteiger partial charge in [0.15, 0.2) is 0 Å². The highest BCUT2D eigenvalue weighted by Crippen LogP contribution is 2.28. The van der Waals surface area contributed by atoms with E-state index in [1.807, 2.05) is 44.2 Å². The topological polar surface area (TPSA) is 90.7 Å². The molecule has 160 valence electrons. The highest BCUT2D eigenvalue weighted by Gasteiger charge is 2.14. The van der Waals surface area contributed by atoms with Crippen LogP contribution in [0.5, 0.6) is 5.75 Å². The lowest BCUT2D eigenvalue weighted by Gasteiger charge is -2.21. The molecule has 0 aliphatic heterocycles. The molecule has 0 spiro atoms. The van der Waals surface area contributed by atoms with Crippen LogP contribution in [0, 0.1) is 5.41 Å². The molecule has 2 aromatic rings. The lowest BCUT2D eigenvalue weighted by Crippen LogP contribution is -2.35. The molecule has 2 rings (SSSR count). The summed E-state index contributed by atoms with van der Waals surface area (Å²) in [6, 6.07) is 13.7. The molecule has 0 fully saturated rings. The molecular weight excluding hydrogens is 380 g/mol. The standard InChI is InChI=1S/C24H30N2O4/c1-4-23(27)26(5-2)22(25)11-7-9-17-8-6-10-18(14-17)19-12-13-21(30-3)20(15-19)16-24(28)29/h6,8,10,12-15,25H,4-5,7,9,11,16H2,1-3H3,(H,28,29). The Morgan fingerprint density at radius 1 is 1.10 bits per heavy atom. The molecule has 6 heteroatoms. The summed E-state index contributed by atoms with van der Waals surface area (Å²) in [7, 11) is 1.53. The number of aryl methyl sites for hydroxylation is 1. The number of nitrogens with one attached hydrogen (secondary N) is 1. The SMILES string of the molecule is CCC(=O)N(CC)C(=N)CCCc1cccc(-c2ccc(OC)c(CC(=O)O)c2)c1. The predicted octanol–water partition coefficient (Wildman–Crippen LogP) is 4.55. The van der Waals surface area contributed by atoms with Gasteiger partial charge in [0.05, 0.1) is 13.5 Å². The first-order valence-electron chi connectivity index (χ1n) is 10.2. The van der Waals surface area contributed by atoms with E-state index in [4.69, 9.17) is 15.3 Å². The maximum absolute atomic E-state index is 11.9. The number of hydrogen-bond acceptors (Lipinski definition) is 4. The molecule has 0 heterocycles. The molecule has 30 heavy (non-hydrogen) atoms. The second kappa shape index (κ2) is 11.1. The summed E-state index contributed by atoms with van der Waals surface area (Å²) in [4.78, 5) is 24.6. The number of aliphatic carboxylic acids is 1. The third-order valence-corrected chi connectivity index (χ3v) is 5.01. The van der Waals surface area contributed by atoms with Crippen molar-refractivity contribution in [2.24, 2.45) is 0 Å². The Morgan fingerprint density at radius 3 is 2.47 bits per heavy atom. The van der Waals surface area contributed by atoms with Gasteiger partial charge in [-0.15, -0.1) is 0 Å². The van der Waals surface area contributed by atoms with E-state index in [0.717, 1.165) is 29.5 Å². The maximum Gasteiger partial charge on any atom is 0.307 e. The van der Waals surface area contributed by atoms with E-state index in [2.05, 4.69) is 6.07 Å². The van der Waals surface area contributed by atoms with E-state index in [9.17, 15) is 9.59 Å². The van der Waals surface area contributed by atoms with E-state index in [1.165, 1.54) is 12.0 Å². The molecule has 2 N–H and O–H groups in total. The number of amidine groups is 1. The van der Waals surface area contributed by atoms with Crippen LogP contribution in [0.3, 0.4) is 0 Å². The van der Waals surface area contributed by atoms with Crippen molar-refractivity contribution in [1.82, 2.24) is 4.90 Å². The maximum atomic E-state index is 11.9. The number of rotatable bonds is 10. The number of methoxy groups -OCH3 is 1. The molecular formula is C24H30N2O4. The minimum absolute atomic E-state index is 0.0128. The second-order valence-corrected chi connectivity index (χ2v) is 7.09. The van der Waals surface area contributed by atoms with E-state index >= 15 is 0 Å². The molecule has 0 aliphatic rings. The first kappa shape index (κ1) is 23.1. The van der Waals surface area contributed by atoms with Gasteiger partial charge in [-0.2, -0.15) is 0 Å². The van der Waals surface area contributed by atoms with E-state index < -0.39 is 5.97 Å². The molecule has 1 amide bonds. The molecule has 0 unspecified atom stereocenters. The lowest BCUT2D eigenvalue weighted by molar-refractivity contribution is -0.136. The summed E-state index contributed by atoms with van der Waals surface area (Å²) >= 11 is 0. The summed E-state index contributed by atoms with van der Waals surface area (Å²) < 4.78 is 5.28. The number of carbonyl (C=O) groups is 2. The van der Waals surface area contributed by atoms with Crippen molar-refractivity contribution in [3.63, 3.8) is 0 Å². The van der Waals surface area contributed by atoms with Gasteiger partial charge in [0, 0.05) is 24.9 Å². The zero-order valence-corrected chi connectivity index (χ0v) is 17.9. The van der Waals surface area contributed by atoms with Crippen molar-refractivity contribution >= 4 is 17.7 Å². The fraction of sp³-hybridized carbons (Fsp3) is 0.375. The summed E-state index contributed by atoms with van der Waals surface area (Å²) in [6.45, 7) is 4.22. The first-order valence-corrected chi connectivity index (χ1v) is 10.2. The molecule has 0 aromatic heterocycles. The number of carbonyl (C=O) groups excluding carboxylic acids is 1. The third-order valence-electron chi connectivity index (χ3n) is 5.01. The number of nitrogens with zero attached hydrogens (tertiary/aromatic N) is 1. The normalized spacial score (nSPS) is 10.5. The van der Waals surface area contributed by atoms with Crippen LogP contribution in [0.4, 0.5) is 0 Å². The molecule has 0 bridgehead atoms. The monoisotopic (exact) mass is 410 g/mol. The summed E-state index contributed by atoms with van der Waals surface area (Å²) in [5, 5.41) is 17.3. The van der Waals surface area contributed by atoms with Gasteiger partial charge >= 0.3 is 5.97 Å². The Bertz CT molecular complexity index is 908. The van der Waals surface area contributed by atoms with Crippen LogP contribution < -0.4 is 4.74 Å². The first-order chi connectivity index (χ1) is 14.4. The van der Waals surface area contributed by atoms with Gasteiger partial charge in [-0.05, 0) is 48.6 Å². The molecule has 0 aliphatic carbocycles. The molecule has 0 radical (unpaired) electrons. The van der Waals surface area contributed by atoms with Crippen LogP contribution in [0.15, 0.2) is 42.5 Å². The molecule has 6 nitrogen and oxygen atoms in total. The Labute approximate surface area is 178 Å². The largest absolute Gasteiger partial charge is 0.496 e. The predicted molar refractivity (Wildman–Crippen MR) is 118 cm³/mol. The summed E-state index contributed by atoms with van der Waals surface area (Å²) in [5.74, 6) is 0.0254. The molecule has 0 saturated heterocycles. The van der Waals surface area contributed by atoms with Gasteiger partial charge in [-0.3, -0.25) is 15.0 Å². The smallest absolute Gasteiger partial charge is 0.307 e. The minimum atomic E-state index is -0.899. The number of benzene rings is 2. The van der Waals surface area contributed by atoms with Gasteiger partial charge in [0.25, 0.3) is 0 Å². The van der Waals surface area contributed by atoms with Gasteiger partial charge < -0.3 is 14.7 Å². The number of carboxylic acids is 1. The van der Waals surface area contributed by atoms with Gasteiger partial charge in [0.2, 0.25) is 5.91 Å². The Hall–Kier alpha value is -3.15. The van der Waals surface area contributed by atoms with Crippen molar-refractivity contribution in [3.8, 4) is 16.9 Å². The number of hydrogen-bond donors (Lipinski definition) is 2. The Kier molecular flexibility index (Phi) is 8.59. The zero-order chi connectivity index (χ0) is 22.1. The van der Waals surface area contributed by atoms with Crippen LogP contribution in [0.25, 0.3) is 11.1 Å². The highest BCUT2D eigenvalue weighted by atomic mass is 16.5. The Morgan fingerprint density at radius 2 is 1.83 bits per heavy atom. The van der Waals surface area contributed by atoms with E-state index in [0.29, 0.717) is 36.5 Å². The number of ether oxygens (including phenoxy) is 1. The van der Waals surface area contributed by atoms with E-state index in [-0.39, 0.29) is 12.3 Å². The van der Waals surface area contributed by atoms with Crippen LogP contribution >= 0.6 is 0 Å². The Balaban J connectivity index is 2.09. The number of carboxylic acid groups (broad SMARTS) is 1. The quantitative estimate of drug-likeness (QED) is 0.444. The van der Waals surface area contributed by atoms with Gasteiger partial charge in [-0.25, -0.2) is 0 Å². The summed E-state index contributed by atoms with van der Waals surface area (Å²) in [6.07, 6.45) is 2.44. The number of amides is 1. The van der Waals surface area contributed by atoms with Gasteiger partial charge in [0.1, 0.15) is 11.6 Å². The average Bonchev–Trinajstić information content (AvgIpc) is 2.73. The average molecular weight is 411 g/mol. The van der Waals surface area contributed by atoms with Crippen LogP contribution in [-0.4, -0.2) is 41.4 Å². The van der Waals surface area contributed by atoms with Crippen LogP contribution in [-0.2, 0) is 22.4 Å². The van der Waals surface area contributed by atoms with Gasteiger partial charge in [-0.1, -0.05) is 37.3 Å². The van der Waals surface area contributed by atoms with Crippen molar-refractivity contribution in [1.29, 1.82) is 5.41 Å². The summed E-state index contributed by atoms with van der Waals surface area (Å²) in [5.41, 5.74) is 3.72.